The van der Waals surface area contributed by atoms with Gasteiger partial charge in [-0.05, 0) is 12.3 Å². The molecule has 0 spiro atoms. The van der Waals surface area contributed by atoms with E-state index in [0.29, 0.717) is 11.8 Å². The Bertz CT molecular complexity index is 158. The summed E-state index contributed by atoms with van der Waals surface area (Å²) in [5.74, 6) is 0.685. The number of rotatable bonds is 2. The molecule has 3 nitrogen and oxygen atoms in total. The molecule has 0 saturated carbocycles. The molecule has 0 amide bonds. The molecule has 4 atom stereocenters. The Morgan fingerprint density at radius 1 is 1.42 bits per heavy atom. The molecule has 0 aliphatic carbocycles. The van der Waals surface area contributed by atoms with Crippen molar-refractivity contribution in [3.63, 3.8) is 0 Å². The smallest absolute Gasteiger partial charge is 0.160 e. The minimum Gasteiger partial charge on any atom is -0.356 e. The van der Waals surface area contributed by atoms with Crippen molar-refractivity contribution < 1.29 is 14.3 Å². The highest BCUT2D eigenvalue weighted by Crippen LogP contribution is 2.28. The van der Waals surface area contributed by atoms with Gasteiger partial charge in [0.2, 0.25) is 0 Å². The van der Waals surface area contributed by atoms with Crippen molar-refractivity contribution in [1.82, 2.24) is 0 Å². The van der Waals surface area contributed by atoms with Crippen LogP contribution in [0.1, 0.15) is 20.3 Å². The van der Waals surface area contributed by atoms with Crippen LogP contribution in [0.15, 0.2) is 0 Å². The minimum absolute atomic E-state index is 0.212. The van der Waals surface area contributed by atoms with Crippen molar-refractivity contribution in [2.45, 2.75) is 32.7 Å². The lowest BCUT2D eigenvalue weighted by atomic mass is 9.90. The molecule has 0 aromatic rings. The number of carbonyl (C=O) groups excluding carboxylic acids is 1. The predicted octanol–water partition coefficient (Wildman–Crippen LogP) is 1.22. The van der Waals surface area contributed by atoms with Crippen LogP contribution in [0.4, 0.5) is 0 Å². The maximum atomic E-state index is 10.6. The van der Waals surface area contributed by atoms with Gasteiger partial charge in [-0.3, -0.25) is 0 Å². The average molecular weight is 172 g/mol. The molecule has 1 fully saturated rings. The second-order valence-corrected chi connectivity index (χ2v) is 3.53. The molecule has 70 valence electrons. The number of hydrogen-bond acceptors (Lipinski definition) is 3. The molecule has 1 heterocycles. The molecular weight excluding hydrogens is 156 g/mol. The highest BCUT2D eigenvalue weighted by atomic mass is 16.7. The Kier molecular flexibility index (Phi) is 3.23. The largest absolute Gasteiger partial charge is 0.356 e. The molecule has 0 aromatic carbocycles. The van der Waals surface area contributed by atoms with Crippen molar-refractivity contribution in [1.29, 1.82) is 0 Å². The van der Waals surface area contributed by atoms with Crippen LogP contribution in [0.3, 0.4) is 0 Å². The number of methoxy groups -OCH3 is 1. The molecule has 0 unspecified atom stereocenters. The lowest BCUT2D eigenvalue weighted by molar-refractivity contribution is -0.214. The van der Waals surface area contributed by atoms with Gasteiger partial charge in [-0.1, -0.05) is 13.8 Å². The van der Waals surface area contributed by atoms with Crippen LogP contribution >= 0.6 is 0 Å². The first-order valence-electron chi connectivity index (χ1n) is 4.32. The van der Waals surface area contributed by atoms with Crippen molar-refractivity contribution in [3.8, 4) is 0 Å². The van der Waals surface area contributed by atoms with E-state index in [4.69, 9.17) is 9.47 Å². The number of ether oxygens (including phenoxy) is 2. The summed E-state index contributed by atoms with van der Waals surface area (Å²) < 4.78 is 10.5. The topological polar surface area (TPSA) is 35.5 Å². The van der Waals surface area contributed by atoms with Crippen LogP contribution in [0.5, 0.6) is 0 Å². The van der Waals surface area contributed by atoms with Crippen molar-refractivity contribution >= 4 is 6.29 Å². The maximum Gasteiger partial charge on any atom is 0.160 e. The lowest BCUT2D eigenvalue weighted by Gasteiger charge is -2.35. The van der Waals surface area contributed by atoms with E-state index in [1.165, 1.54) is 0 Å². The molecule has 0 radical (unpaired) electrons. The Labute approximate surface area is 73.0 Å². The first kappa shape index (κ1) is 9.68. The third kappa shape index (κ3) is 1.84. The van der Waals surface area contributed by atoms with Crippen molar-refractivity contribution in [2.24, 2.45) is 11.8 Å². The molecule has 1 aliphatic heterocycles. The molecule has 3 heteroatoms. The zero-order chi connectivity index (χ0) is 9.14. The first-order valence-corrected chi connectivity index (χ1v) is 4.32. The normalized spacial score (nSPS) is 42.6. The second-order valence-electron chi connectivity index (χ2n) is 3.53. The van der Waals surface area contributed by atoms with Crippen LogP contribution < -0.4 is 0 Å². The Hall–Kier alpha value is -0.410. The van der Waals surface area contributed by atoms with E-state index in [-0.39, 0.29) is 12.4 Å². The maximum absolute atomic E-state index is 10.6. The van der Waals surface area contributed by atoms with Gasteiger partial charge in [-0.2, -0.15) is 0 Å². The summed E-state index contributed by atoms with van der Waals surface area (Å²) in [5.41, 5.74) is 0. The fraction of sp³-hybridized carbons (Fsp3) is 0.889. The quantitative estimate of drug-likeness (QED) is 0.587. The van der Waals surface area contributed by atoms with E-state index in [9.17, 15) is 4.79 Å². The van der Waals surface area contributed by atoms with Gasteiger partial charge in [0, 0.05) is 13.0 Å². The number of aldehydes is 1. The Balaban J connectivity index is 2.56. The van der Waals surface area contributed by atoms with E-state index in [2.05, 4.69) is 6.92 Å². The minimum atomic E-state index is -0.286. The first-order chi connectivity index (χ1) is 5.69. The van der Waals surface area contributed by atoms with E-state index >= 15 is 0 Å². The predicted molar refractivity (Wildman–Crippen MR) is 44.7 cm³/mol. The fourth-order valence-corrected chi connectivity index (χ4v) is 1.71. The van der Waals surface area contributed by atoms with E-state index in [1.807, 2.05) is 6.92 Å². The summed E-state index contributed by atoms with van der Waals surface area (Å²) >= 11 is 0. The van der Waals surface area contributed by atoms with Gasteiger partial charge in [0.25, 0.3) is 0 Å². The number of hydrogen-bond donors (Lipinski definition) is 0. The van der Waals surface area contributed by atoms with Crippen LogP contribution in [0, 0.1) is 11.8 Å². The summed E-state index contributed by atoms with van der Waals surface area (Å²) in [6, 6.07) is 0. The summed E-state index contributed by atoms with van der Waals surface area (Å²) in [7, 11) is 1.61. The van der Waals surface area contributed by atoms with Gasteiger partial charge in [0.05, 0.1) is 0 Å². The standard InChI is InChI=1S/C9H16O3/c1-6-4-7(2)9(11-3)12-8(6)5-10/h5-9H,4H2,1-3H3/t6-,7+,8+,9-/m1/s1. The average Bonchev–Trinajstić information content (AvgIpc) is 2.05. The van der Waals surface area contributed by atoms with Gasteiger partial charge in [-0.25, -0.2) is 0 Å². The van der Waals surface area contributed by atoms with E-state index in [0.717, 1.165) is 12.7 Å². The third-order valence-corrected chi connectivity index (χ3v) is 2.43. The van der Waals surface area contributed by atoms with Gasteiger partial charge >= 0.3 is 0 Å². The van der Waals surface area contributed by atoms with E-state index in [1.54, 1.807) is 7.11 Å². The van der Waals surface area contributed by atoms with Gasteiger partial charge in [0.15, 0.2) is 6.29 Å². The van der Waals surface area contributed by atoms with Crippen LogP contribution in [-0.4, -0.2) is 25.8 Å². The molecule has 1 saturated heterocycles. The van der Waals surface area contributed by atoms with Crippen molar-refractivity contribution in [2.75, 3.05) is 7.11 Å². The van der Waals surface area contributed by atoms with Crippen molar-refractivity contribution in [3.05, 3.63) is 0 Å². The molecule has 1 rings (SSSR count). The molecular formula is C9H16O3. The molecule has 12 heavy (non-hydrogen) atoms. The van der Waals surface area contributed by atoms with Gasteiger partial charge in [0.1, 0.15) is 12.4 Å². The number of carbonyl (C=O) groups is 1. The summed E-state index contributed by atoms with van der Waals surface area (Å²) in [5, 5.41) is 0. The zero-order valence-electron chi connectivity index (χ0n) is 7.82. The van der Waals surface area contributed by atoms with Gasteiger partial charge < -0.3 is 14.3 Å². The SMILES string of the molecule is CO[C@@H]1O[C@@H](C=O)[C@H](C)C[C@@H]1C. The van der Waals surface area contributed by atoms with Crippen LogP contribution in [-0.2, 0) is 14.3 Å². The summed E-state index contributed by atoms with van der Waals surface area (Å²) in [4.78, 5) is 10.6. The highest BCUT2D eigenvalue weighted by Gasteiger charge is 2.32. The third-order valence-electron chi connectivity index (χ3n) is 2.43. The highest BCUT2D eigenvalue weighted by molar-refractivity contribution is 5.56. The summed E-state index contributed by atoms with van der Waals surface area (Å²) in [6.45, 7) is 4.10. The lowest BCUT2D eigenvalue weighted by Crippen LogP contribution is -2.40. The van der Waals surface area contributed by atoms with Crippen LogP contribution in [0.25, 0.3) is 0 Å². The Morgan fingerprint density at radius 2 is 2.08 bits per heavy atom. The van der Waals surface area contributed by atoms with Crippen LogP contribution in [0.2, 0.25) is 0 Å². The van der Waals surface area contributed by atoms with E-state index < -0.39 is 0 Å². The zero-order valence-corrected chi connectivity index (χ0v) is 7.82. The molecule has 0 bridgehead atoms. The monoisotopic (exact) mass is 172 g/mol. The Morgan fingerprint density at radius 3 is 2.58 bits per heavy atom. The second kappa shape index (κ2) is 4.01. The molecule has 0 aromatic heterocycles. The molecule has 0 N–H and O–H groups in total. The fourth-order valence-electron chi connectivity index (χ4n) is 1.71. The van der Waals surface area contributed by atoms with Gasteiger partial charge in [-0.15, -0.1) is 0 Å². The molecule has 1 aliphatic rings. The summed E-state index contributed by atoms with van der Waals surface area (Å²) in [6.07, 6.45) is 1.35.